The highest BCUT2D eigenvalue weighted by Crippen LogP contribution is 2.34. The van der Waals surface area contributed by atoms with Crippen LogP contribution in [0.15, 0.2) is 22.7 Å². The van der Waals surface area contributed by atoms with Gasteiger partial charge >= 0.3 is 5.97 Å². The number of halogens is 1. The van der Waals surface area contributed by atoms with Crippen LogP contribution in [0.25, 0.3) is 10.1 Å². The normalized spacial score (nSPS) is 10.6. The van der Waals surface area contributed by atoms with Crippen molar-refractivity contribution in [3.05, 3.63) is 28.2 Å². The van der Waals surface area contributed by atoms with Gasteiger partial charge in [-0.05, 0) is 39.5 Å². The van der Waals surface area contributed by atoms with E-state index in [1.54, 1.807) is 12.1 Å². The highest BCUT2D eigenvalue weighted by molar-refractivity contribution is 9.10. The summed E-state index contributed by atoms with van der Waals surface area (Å²) in [4.78, 5) is 10.8. The zero-order valence-electron chi connectivity index (χ0n) is 6.82. The number of fused-ring (bicyclic) bond motifs is 1. The second kappa shape index (κ2) is 3.25. The smallest absolute Gasteiger partial charge is 0.336 e. The molecule has 0 spiro atoms. The average Bonchev–Trinajstić information content (AvgIpc) is 2.42. The largest absolute Gasteiger partial charge is 0.499 e. The van der Waals surface area contributed by atoms with Crippen LogP contribution in [0, 0.1) is 0 Å². The summed E-state index contributed by atoms with van der Waals surface area (Å²) in [5.41, 5.74) is 0.204. The van der Waals surface area contributed by atoms with Crippen LogP contribution >= 0.6 is 27.3 Å². The summed E-state index contributed by atoms with van der Waals surface area (Å²) in [7, 11) is 0. The Morgan fingerprint density at radius 2 is 2.07 bits per heavy atom. The Kier molecular flexibility index (Phi) is 2.20. The number of hydrogen-bond donors (Lipinski definition) is 2. The van der Waals surface area contributed by atoms with Crippen LogP contribution in [0.2, 0.25) is 0 Å². The first-order valence-corrected chi connectivity index (χ1v) is 5.34. The maximum atomic E-state index is 10.8. The van der Waals surface area contributed by atoms with Gasteiger partial charge in [0, 0.05) is 9.17 Å². The minimum Gasteiger partial charge on any atom is -0.499 e. The fourth-order valence-corrected chi connectivity index (χ4v) is 2.70. The zero-order valence-corrected chi connectivity index (χ0v) is 9.22. The number of aromatic hydroxyl groups is 1. The van der Waals surface area contributed by atoms with E-state index < -0.39 is 5.97 Å². The molecule has 5 heteroatoms. The van der Waals surface area contributed by atoms with Crippen molar-refractivity contribution in [1.29, 1.82) is 0 Å². The van der Waals surface area contributed by atoms with Crippen molar-refractivity contribution in [2.24, 2.45) is 0 Å². The third-order valence-corrected chi connectivity index (χ3v) is 3.38. The minimum atomic E-state index is -0.982. The van der Waals surface area contributed by atoms with Crippen LogP contribution < -0.4 is 0 Å². The molecule has 0 unspecified atom stereocenters. The lowest BCUT2D eigenvalue weighted by Crippen LogP contribution is -1.96. The van der Waals surface area contributed by atoms with Crippen molar-refractivity contribution in [3.8, 4) is 5.06 Å². The number of thiophene rings is 1. The number of benzene rings is 1. The van der Waals surface area contributed by atoms with Crippen LogP contribution in [0.4, 0.5) is 0 Å². The summed E-state index contributed by atoms with van der Waals surface area (Å²) in [6.07, 6.45) is 0. The maximum Gasteiger partial charge on any atom is 0.336 e. The SMILES string of the molecule is O=C(O)c1cc2cc(O)sc2cc1Br. The first-order chi connectivity index (χ1) is 6.58. The van der Waals surface area contributed by atoms with Gasteiger partial charge < -0.3 is 10.2 Å². The molecule has 0 fully saturated rings. The van der Waals surface area contributed by atoms with Gasteiger partial charge in [-0.15, -0.1) is 0 Å². The Morgan fingerprint density at radius 3 is 2.71 bits per heavy atom. The second-order valence-corrected chi connectivity index (χ2v) is 4.68. The minimum absolute atomic E-state index is 0.189. The van der Waals surface area contributed by atoms with Crippen LogP contribution in [-0.4, -0.2) is 16.2 Å². The summed E-state index contributed by atoms with van der Waals surface area (Å²) >= 11 is 4.39. The molecule has 0 amide bonds. The molecule has 0 aliphatic heterocycles. The summed E-state index contributed by atoms with van der Waals surface area (Å²) in [5.74, 6) is -0.982. The number of carboxylic acids is 1. The first-order valence-electron chi connectivity index (χ1n) is 3.73. The highest BCUT2D eigenvalue weighted by Gasteiger charge is 2.11. The van der Waals surface area contributed by atoms with Gasteiger partial charge in [-0.2, -0.15) is 0 Å². The van der Waals surface area contributed by atoms with Crippen LogP contribution in [0.1, 0.15) is 10.4 Å². The number of carboxylic acid groups (broad SMARTS) is 1. The molecule has 2 aromatic rings. The molecular formula is C9H5BrO3S. The first kappa shape index (κ1) is 9.48. The van der Waals surface area contributed by atoms with Crippen molar-refractivity contribution in [3.63, 3.8) is 0 Å². The van der Waals surface area contributed by atoms with Crippen molar-refractivity contribution < 1.29 is 15.0 Å². The lowest BCUT2D eigenvalue weighted by molar-refractivity contribution is 0.0696. The molecule has 0 bridgehead atoms. The molecule has 0 aliphatic carbocycles. The third kappa shape index (κ3) is 1.49. The van der Waals surface area contributed by atoms with Gasteiger partial charge in [-0.1, -0.05) is 11.3 Å². The fraction of sp³-hybridized carbons (Fsp3) is 0. The molecule has 14 heavy (non-hydrogen) atoms. The molecule has 1 aromatic carbocycles. The lowest BCUT2D eigenvalue weighted by atomic mass is 10.2. The van der Waals surface area contributed by atoms with Gasteiger partial charge in [0.05, 0.1) is 5.56 Å². The van der Waals surface area contributed by atoms with Crippen LogP contribution in [0.5, 0.6) is 5.06 Å². The number of aromatic carboxylic acids is 1. The quantitative estimate of drug-likeness (QED) is 0.839. The lowest BCUT2D eigenvalue weighted by Gasteiger charge is -1.98. The Labute approximate surface area is 91.7 Å². The van der Waals surface area contributed by atoms with E-state index in [1.165, 1.54) is 17.4 Å². The predicted molar refractivity (Wildman–Crippen MR) is 58.1 cm³/mol. The van der Waals surface area contributed by atoms with Gasteiger partial charge in [0.2, 0.25) is 0 Å². The van der Waals surface area contributed by atoms with Crippen LogP contribution in [0.3, 0.4) is 0 Å². The molecule has 3 nitrogen and oxygen atoms in total. The summed E-state index contributed by atoms with van der Waals surface area (Å²) in [5, 5.41) is 19.0. The average molecular weight is 273 g/mol. The maximum absolute atomic E-state index is 10.8. The predicted octanol–water partition coefficient (Wildman–Crippen LogP) is 3.07. The highest BCUT2D eigenvalue weighted by atomic mass is 79.9. The molecule has 0 atom stereocenters. The number of carbonyl (C=O) groups is 1. The second-order valence-electron chi connectivity index (χ2n) is 2.76. The van der Waals surface area contributed by atoms with Crippen molar-refractivity contribution >= 4 is 43.3 Å². The molecule has 72 valence electrons. The van der Waals surface area contributed by atoms with Crippen molar-refractivity contribution in [2.45, 2.75) is 0 Å². The number of rotatable bonds is 1. The van der Waals surface area contributed by atoms with Crippen molar-refractivity contribution in [1.82, 2.24) is 0 Å². The molecule has 0 saturated carbocycles. The van der Waals surface area contributed by atoms with Gasteiger partial charge in [0.15, 0.2) is 5.06 Å². The van der Waals surface area contributed by atoms with E-state index in [2.05, 4.69) is 15.9 Å². The molecule has 0 radical (unpaired) electrons. The summed E-state index contributed by atoms with van der Waals surface area (Å²) in [6.45, 7) is 0. The molecule has 2 rings (SSSR count). The molecule has 2 N–H and O–H groups in total. The van der Waals surface area contributed by atoms with Gasteiger partial charge in [-0.25, -0.2) is 4.79 Å². The van der Waals surface area contributed by atoms with E-state index in [4.69, 9.17) is 5.11 Å². The van der Waals surface area contributed by atoms with E-state index in [-0.39, 0.29) is 10.6 Å². The Morgan fingerprint density at radius 1 is 1.36 bits per heavy atom. The van der Waals surface area contributed by atoms with Crippen LogP contribution in [-0.2, 0) is 0 Å². The van der Waals surface area contributed by atoms with E-state index in [9.17, 15) is 9.90 Å². The standard InChI is InChI=1S/C9H5BrO3S/c10-6-3-7-4(2-8(11)14-7)1-5(6)9(12)13/h1-3,11H,(H,12,13). The fourth-order valence-electron chi connectivity index (χ4n) is 1.21. The van der Waals surface area contributed by atoms with E-state index in [1.807, 2.05) is 0 Å². The van der Waals surface area contributed by atoms with E-state index in [0.717, 1.165) is 10.1 Å². The van der Waals surface area contributed by atoms with E-state index >= 15 is 0 Å². The van der Waals surface area contributed by atoms with Gasteiger partial charge in [0.25, 0.3) is 0 Å². The third-order valence-electron chi connectivity index (χ3n) is 1.82. The Balaban J connectivity index is 2.76. The number of hydrogen-bond acceptors (Lipinski definition) is 3. The van der Waals surface area contributed by atoms with Gasteiger partial charge in [0.1, 0.15) is 0 Å². The van der Waals surface area contributed by atoms with Crippen molar-refractivity contribution in [2.75, 3.05) is 0 Å². The Hall–Kier alpha value is -1.07. The summed E-state index contributed by atoms with van der Waals surface area (Å²) in [6, 6.07) is 4.79. The van der Waals surface area contributed by atoms with E-state index in [0.29, 0.717) is 4.47 Å². The topological polar surface area (TPSA) is 57.5 Å². The molecule has 1 heterocycles. The zero-order chi connectivity index (χ0) is 10.3. The molecule has 1 aromatic heterocycles. The molecule has 0 aliphatic rings. The molecule has 0 saturated heterocycles. The Bertz CT molecular complexity index is 518. The monoisotopic (exact) mass is 272 g/mol. The summed E-state index contributed by atoms with van der Waals surface area (Å²) < 4.78 is 1.39. The molecular weight excluding hydrogens is 268 g/mol. The van der Waals surface area contributed by atoms with Gasteiger partial charge in [-0.3, -0.25) is 0 Å².